The third kappa shape index (κ3) is 2.43. The lowest BCUT2D eigenvalue weighted by Gasteiger charge is -2.09. The number of hydrogen-bond donors (Lipinski definition) is 2. The van der Waals surface area contributed by atoms with Crippen LogP contribution in [-0.2, 0) is 6.61 Å². The first kappa shape index (κ1) is 12.0. The number of phenolic OH excluding ortho intramolecular Hbond substituents is 1. The summed E-state index contributed by atoms with van der Waals surface area (Å²) in [4.78, 5) is 0. The average molecular weight is 249 g/mol. The summed E-state index contributed by atoms with van der Waals surface area (Å²) in [5.41, 5.74) is 3.23. The molecule has 0 unspecified atom stereocenters. The molecule has 2 aromatic carbocycles. The summed E-state index contributed by atoms with van der Waals surface area (Å²) in [6.07, 6.45) is 0. The van der Waals surface area contributed by atoms with Gasteiger partial charge in [-0.2, -0.15) is 0 Å². The molecule has 0 atom stereocenters. The number of hydrogen-bond acceptors (Lipinski definition) is 2. The number of benzene rings is 2. The van der Waals surface area contributed by atoms with E-state index in [0.29, 0.717) is 10.6 Å². The van der Waals surface area contributed by atoms with Crippen LogP contribution in [0.15, 0.2) is 36.4 Å². The number of rotatable bonds is 2. The molecular weight excluding hydrogens is 236 g/mol. The van der Waals surface area contributed by atoms with Gasteiger partial charge in [0.1, 0.15) is 5.75 Å². The van der Waals surface area contributed by atoms with Crippen molar-refractivity contribution in [3.63, 3.8) is 0 Å². The number of phenols is 1. The standard InChI is InChI=1S/C14H13ClO2/c1-9-2-5-14(17)12(6-9)11-7-10(8-16)3-4-13(11)15/h2-7,16-17H,8H2,1H3. The molecule has 0 aliphatic rings. The van der Waals surface area contributed by atoms with Crippen molar-refractivity contribution in [2.75, 3.05) is 0 Å². The van der Waals surface area contributed by atoms with E-state index in [1.807, 2.05) is 19.1 Å². The largest absolute Gasteiger partial charge is 0.507 e. The summed E-state index contributed by atoms with van der Waals surface area (Å²) in [6, 6.07) is 10.6. The van der Waals surface area contributed by atoms with Crippen molar-refractivity contribution in [2.24, 2.45) is 0 Å². The highest BCUT2D eigenvalue weighted by atomic mass is 35.5. The van der Waals surface area contributed by atoms with Crippen molar-refractivity contribution >= 4 is 11.6 Å². The average Bonchev–Trinajstić information content (AvgIpc) is 2.33. The van der Waals surface area contributed by atoms with E-state index in [1.165, 1.54) is 0 Å². The molecule has 3 heteroatoms. The molecule has 0 aromatic heterocycles. The highest BCUT2D eigenvalue weighted by Crippen LogP contribution is 2.35. The fraction of sp³-hybridized carbons (Fsp3) is 0.143. The minimum absolute atomic E-state index is 0.0449. The molecule has 0 bridgehead atoms. The molecule has 0 amide bonds. The Kier molecular flexibility index (Phi) is 3.36. The quantitative estimate of drug-likeness (QED) is 0.854. The monoisotopic (exact) mass is 248 g/mol. The zero-order chi connectivity index (χ0) is 12.4. The minimum atomic E-state index is -0.0449. The molecule has 17 heavy (non-hydrogen) atoms. The van der Waals surface area contributed by atoms with Crippen LogP contribution in [-0.4, -0.2) is 10.2 Å². The summed E-state index contributed by atoms with van der Waals surface area (Å²) in [5.74, 6) is 0.188. The van der Waals surface area contributed by atoms with Crippen LogP contribution in [0.1, 0.15) is 11.1 Å². The third-order valence-electron chi connectivity index (χ3n) is 2.66. The van der Waals surface area contributed by atoms with Gasteiger partial charge in [-0.3, -0.25) is 0 Å². The maximum absolute atomic E-state index is 9.86. The highest BCUT2D eigenvalue weighted by Gasteiger charge is 2.09. The molecule has 0 heterocycles. The molecule has 0 aliphatic carbocycles. The molecule has 0 saturated heterocycles. The van der Waals surface area contributed by atoms with E-state index in [0.717, 1.165) is 16.7 Å². The van der Waals surface area contributed by atoms with Crippen LogP contribution >= 0.6 is 11.6 Å². The first-order chi connectivity index (χ1) is 8.11. The molecule has 88 valence electrons. The Morgan fingerprint density at radius 3 is 2.53 bits per heavy atom. The smallest absolute Gasteiger partial charge is 0.123 e. The van der Waals surface area contributed by atoms with Crippen molar-refractivity contribution in [1.29, 1.82) is 0 Å². The number of aromatic hydroxyl groups is 1. The number of halogens is 1. The van der Waals surface area contributed by atoms with E-state index in [9.17, 15) is 5.11 Å². The molecule has 0 fully saturated rings. The molecule has 0 saturated carbocycles. The lowest BCUT2D eigenvalue weighted by Crippen LogP contribution is -1.87. The molecule has 2 nitrogen and oxygen atoms in total. The van der Waals surface area contributed by atoms with E-state index in [2.05, 4.69) is 0 Å². The van der Waals surface area contributed by atoms with Gasteiger partial charge in [0.2, 0.25) is 0 Å². The van der Waals surface area contributed by atoms with Gasteiger partial charge < -0.3 is 10.2 Å². The molecule has 2 aromatic rings. The van der Waals surface area contributed by atoms with Crippen molar-refractivity contribution in [1.82, 2.24) is 0 Å². The van der Waals surface area contributed by atoms with Crippen molar-refractivity contribution in [3.8, 4) is 16.9 Å². The van der Waals surface area contributed by atoms with Gasteiger partial charge in [0.05, 0.1) is 6.61 Å². The zero-order valence-corrected chi connectivity index (χ0v) is 10.2. The summed E-state index contributed by atoms with van der Waals surface area (Å²) < 4.78 is 0. The van der Waals surface area contributed by atoms with Crippen LogP contribution in [0.3, 0.4) is 0 Å². The van der Waals surface area contributed by atoms with E-state index >= 15 is 0 Å². The van der Waals surface area contributed by atoms with Crippen LogP contribution in [0.5, 0.6) is 5.75 Å². The number of aryl methyl sites for hydroxylation is 1. The van der Waals surface area contributed by atoms with Crippen LogP contribution in [0.25, 0.3) is 11.1 Å². The predicted octanol–water partition coefficient (Wildman–Crippen LogP) is 3.51. The maximum atomic E-state index is 9.86. The van der Waals surface area contributed by atoms with Gasteiger partial charge in [-0.15, -0.1) is 0 Å². The minimum Gasteiger partial charge on any atom is -0.507 e. The second-order valence-electron chi connectivity index (χ2n) is 3.99. The van der Waals surface area contributed by atoms with Crippen molar-refractivity contribution < 1.29 is 10.2 Å². The lowest BCUT2D eigenvalue weighted by atomic mass is 10.0. The van der Waals surface area contributed by atoms with Gasteiger partial charge >= 0.3 is 0 Å². The summed E-state index contributed by atoms with van der Waals surface area (Å²) in [7, 11) is 0. The van der Waals surface area contributed by atoms with Crippen molar-refractivity contribution in [3.05, 3.63) is 52.5 Å². The Balaban J connectivity index is 2.62. The van der Waals surface area contributed by atoms with Gasteiger partial charge in [-0.25, -0.2) is 0 Å². The first-order valence-corrected chi connectivity index (χ1v) is 5.69. The third-order valence-corrected chi connectivity index (χ3v) is 2.99. The normalized spacial score (nSPS) is 10.5. The van der Waals surface area contributed by atoms with Crippen molar-refractivity contribution in [2.45, 2.75) is 13.5 Å². The second kappa shape index (κ2) is 4.78. The Hall–Kier alpha value is -1.51. The second-order valence-corrected chi connectivity index (χ2v) is 4.40. The summed E-state index contributed by atoms with van der Waals surface area (Å²) in [6.45, 7) is 1.91. The molecule has 0 radical (unpaired) electrons. The van der Waals surface area contributed by atoms with E-state index in [4.69, 9.17) is 16.7 Å². The SMILES string of the molecule is Cc1ccc(O)c(-c2cc(CO)ccc2Cl)c1. The summed E-state index contributed by atoms with van der Waals surface area (Å²) in [5, 5.41) is 19.5. The first-order valence-electron chi connectivity index (χ1n) is 5.31. The highest BCUT2D eigenvalue weighted by molar-refractivity contribution is 6.33. The fourth-order valence-corrected chi connectivity index (χ4v) is 1.96. The van der Waals surface area contributed by atoms with Crippen LogP contribution in [0.2, 0.25) is 5.02 Å². The maximum Gasteiger partial charge on any atom is 0.123 e. The van der Waals surface area contributed by atoms with Gasteiger partial charge in [0, 0.05) is 16.1 Å². The van der Waals surface area contributed by atoms with Crippen LogP contribution < -0.4 is 0 Å². The molecule has 2 N–H and O–H groups in total. The van der Waals surface area contributed by atoms with Crippen LogP contribution in [0, 0.1) is 6.92 Å². The molecule has 0 aliphatic heterocycles. The molecule has 2 rings (SSSR count). The molecule has 0 spiro atoms. The van der Waals surface area contributed by atoms with Crippen LogP contribution in [0.4, 0.5) is 0 Å². The number of aliphatic hydroxyl groups is 1. The number of aliphatic hydroxyl groups excluding tert-OH is 1. The van der Waals surface area contributed by atoms with E-state index < -0.39 is 0 Å². The molecular formula is C14H13ClO2. The van der Waals surface area contributed by atoms with Gasteiger partial charge in [0.25, 0.3) is 0 Å². The Labute approximate surface area is 105 Å². The van der Waals surface area contributed by atoms with Gasteiger partial charge in [0.15, 0.2) is 0 Å². The predicted molar refractivity (Wildman–Crippen MR) is 69.2 cm³/mol. The zero-order valence-electron chi connectivity index (χ0n) is 9.44. The lowest BCUT2D eigenvalue weighted by molar-refractivity contribution is 0.282. The topological polar surface area (TPSA) is 40.5 Å². The van der Waals surface area contributed by atoms with E-state index in [-0.39, 0.29) is 12.4 Å². The Morgan fingerprint density at radius 1 is 1.06 bits per heavy atom. The van der Waals surface area contributed by atoms with Gasteiger partial charge in [-0.1, -0.05) is 29.3 Å². The fourth-order valence-electron chi connectivity index (χ4n) is 1.74. The Bertz CT molecular complexity index is 550. The summed E-state index contributed by atoms with van der Waals surface area (Å²) >= 11 is 6.12. The van der Waals surface area contributed by atoms with E-state index in [1.54, 1.807) is 24.3 Å². The van der Waals surface area contributed by atoms with Gasteiger partial charge in [-0.05, 0) is 36.8 Å². The Morgan fingerprint density at radius 2 is 1.82 bits per heavy atom.